The lowest BCUT2D eigenvalue weighted by Gasteiger charge is -2.63. The Kier molecular flexibility index (Phi) is 13.2. The van der Waals surface area contributed by atoms with Crippen molar-refractivity contribution in [3.8, 4) is 0 Å². The third-order valence-electron chi connectivity index (χ3n) is 16.3. The third-order valence-corrected chi connectivity index (χ3v) is 16.3. The molecule has 346 valence electrons. The number of aliphatic hydroxyl groups excluding tert-OH is 8. The lowest BCUT2D eigenvalue weighted by Crippen LogP contribution is -2.65. The molecular weight excluding hydrogens is 808 g/mol. The van der Waals surface area contributed by atoms with Crippen LogP contribution in [0.25, 0.3) is 0 Å². The van der Waals surface area contributed by atoms with Crippen molar-refractivity contribution in [3.63, 3.8) is 0 Å². The summed E-state index contributed by atoms with van der Waals surface area (Å²) in [6.07, 6.45) is -13.2. The van der Waals surface area contributed by atoms with Crippen LogP contribution in [0.15, 0.2) is 11.6 Å². The van der Waals surface area contributed by atoms with Crippen LogP contribution < -0.4 is 0 Å². The van der Waals surface area contributed by atoms with Crippen molar-refractivity contribution in [1.82, 2.24) is 0 Å². The van der Waals surface area contributed by atoms with Crippen LogP contribution in [0.5, 0.6) is 0 Å². The van der Waals surface area contributed by atoms with E-state index in [-0.39, 0.29) is 42.4 Å². The largest absolute Gasteiger partial charge is 0.458 e. The minimum atomic E-state index is -1.79. The minimum absolute atomic E-state index is 0.000150. The number of carbonyl (C=O) groups is 2. The summed E-state index contributed by atoms with van der Waals surface area (Å²) >= 11 is 0. The van der Waals surface area contributed by atoms with E-state index in [2.05, 4.69) is 6.92 Å². The van der Waals surface area contributed by atoms with Crippen molar-refractivity contribution >= 4 is 12.3 Å². The summed E-state index contributed by atoms with van der Waals surface area (Å²) in [6.45, 7) is 2.83. The van der Waals surface area contributed by atoms with E-state index in [4.69, 9.17) is 37.9 Å². The molecule has 4 aliphatic carbocycles. The highest BCUT2D eigenvalue weighted by Gasteiger charge is 2.69. The number of aliphatic hydroxyl groups is 9. The average Bonchev–Trinajstić information content (AvgIpc) is 3.80. The second-order valence-electron chi connectivity index (χ2n) is 19.1. The molecule has 0 amide bonds. The zero-order valence-corrected chi connectivity index (χ0v) is 34.8. The quantitative estimate of drug-likeness (QED) is 0.0613. The van der Waals surface area contributed by atoms with Crippen LogP contribution in [-0.2, 0) is 47.5 Å². The first-order valence-corrected chi connectivity index (χ1v) is 21.9. The highest BCUT2D eigenvalue weighted by molar-refractivity contribution is 5.85. The predicted molar refractivity (Wildman–Crippen MR) is 203 cm³/mol. The van der Waals surface area contributed by atoms with Gasteiger partial charge in [0.15, 0.2) is 18.9 Å². The summed E-state index contributed by atoms with van der Waals surface area (Å²) in [6, 6.07) is 0. The summed E-state index contributed by atoms with van der Waals surface area (Å²) in [5.74, 6) is -0.343. The topological polar surface area (TPSA) is 290 Å². The van der Waals surface area contributed by atoms with Crippen LogP contribution in [0.3, 0.4) is 0 Å². The standard InChI is InChI=1S/C42H64O19/c1-18-35(61-38-33(51)31(49)29(47)26(60-38)16-56-37-32(50)30(48)28(46)25(14-43)59-37)36(54-3)34(52)39(57-18)58-21-6-10-41(17-44)20(13-21)4-5-24-23(41)7-9-40(2)22(8-11-42(24,40)53)19-12-27(45)55-15-19/h12,17-18,20-26,28-39,43,46-53H,4-11,13-16H2,1-3H3/t18?,20-,21+,22-,23+,24-,25?,26?,28?,29?,30?,31?,32?,33?,34?,35?,36?,37?,38?,39?,40-,41-,42+/m1/s1. The van der Waals surface area contributed by atoms with E-state index in [1.165, 1.54) is 7.11 Å². The number of hydrogen-bond acceptors (Lipinski definition) is 19. The summed E-state index contributed by atoms with van der Waals surface area (Å²) in [5, 5.41) is 96.6. The molecule has 15 unspecified atom stereocenters. The lowest BCUT2D eigenvalue weighted by atomic mass is 9.43. The summed E-state index contributed by atoms with van der Waals surface area (Å²) in [7, 11) is 1.36. The number of rotatable bonds is 11. The molecule has 0 aromatic rings. The maximum absolute atomic E-state index is 13.3. The van der Waals surface area contributed by atoms with E-state index in [0.29, 0.717) is 25.7 Å². The molecule has 0 aromatic carbocycles. The number of aldehydes is 1. The second-order valence-corrected chi connectivity index (χ2v) is 19.1. The highest BCUT2D eigenvalue weighted by atomic mass is 16.8. The minimum Gasteiger partial charge on any atom is -0.458 e. The average molecular weight is 873 g/mol. The fourth-order valence-corrected chi connectivity index (χ4v) is 12.9. The van der Waals surface area contributed by atoms with Gasteiger partial charge >= 0.3 is 5.97 Å². The van der Waals surface area contributed by atoms with Gasteiger partial charge in [0.25, 0.3) is 0 Å². The van der Waals surface area contributed by atoms with Gasteiger partial charge in [-0.3, -0.25) is 0 Å². The Morgan fingerprint density at radius 1 is 0.770 bits per heavy atom. The van der Waals surface area contributed by atoms with Crippen molar-refractivity contribution in [2.75, 3.05) is 26.9 Å². The molecule has 19 nitrogen and oxygen atoms in total. The maximum Gasteiger partial charge on any atom is 0.331 e. The van der Waals surface area contributed by atoms with Gasteiger partial charge in [0.05, 0.1) is 31.0 Å². The molecule has 23 atom stereocenters. The van der Waals surface area contributed by atoms with Crippen LogP contribution in [0.2, 0.25) is 0 Å². The number of methoxy groups -OCH3 is 1. The van der Waals surface area contributed by atoms with E-state index < -0.39 is 122 Å². The monoisotopic (exact) mass is 872 g/mol. The molecule has 4 saturated carbocycles. The molecule has 0 spiro atoms. The van der Waals surface area contributed by atoms with Gasteiger partial charge in [-0.25, -0.2) is 4.79 Å². The predicted octanol–water partition coefficient (Wildman–Crippen LogP) is -2.06. The van der Waals surface area contributed by atoms with E-state index in [9.17, 15) is 55.5 Å². The zero-order valence-electron chi connectivity index (χ0n) is 34.8. The molecule has 0 radical (unpaired) electrons. The highest BCUT2D eigenvalue weighted by Crippen LogP contribution is 2.69. The van der Waals surface area contributed by atoms with E-state index in [1.54, 1.807) is 13.0 Å². The van der Waals surface area contributed by atoms with E-state index >= 15 is 0 Å². The van der Waals surface area contributed by atoms with Crippen molar-refractivity contribution in [2.45, 2.75) is 175 Å². The molecule has 0 aromatic heterocycles. The van der Waals surface area contributed by atoms with Gasteiger partial charge in [0.1, 0.15) is 80.0 Å². The number of esters is 1. The molecular formula is C42H64O19. The Bertz CT molecular complexity index is 1620. The van der Waals surface area contributed by atoms with Crippen LogP contribution in [-0.4, -0.2) is 189 Å². The molecule has 61 heavy (non-hydrogen) atoms. The molecule has 8 aliphatic rings. The number of hydrogen-bond donors (Lipinski definition) is 9. The Morgan fingerprint density at radius 3 is 2.13 bits per heavy atom. The SMILES string of the molecule is COC1C(O)C(O[C@H]2CC[C@@]3(C=O)[C@H](CC[C@@H]4[C@@H]3CC[C@]3(C)[C@@H](C5=CC(=O)OC5)CC[C@]43O)C2)OC(C)C1OC1OC(COC2OC(CO)C(O)C(O)C2O)C(O)C(O)C1O. The van der Waals surface area contributed by atoms with Crippen LogP contribution in [0, 0.1) is 34.5 Å². The fourth-order valence-electron chi connectivity index (χ4n) is 12.9. The van der Waals surface area contributed by atoms with Crippen molar-refractivity contribution < 1.29 is 93.4 Å². The van der Waals surface area contributed by atoms with Crippen LogP contribution in [0.4, 0.5) is 0 Å². The molecule has 0 bridgehead atoms. The van der Waals surface area contributed by atoms with Crippen molar-refractivity contribution in [3.05, 3.63) is 11.6 Å². The number of fused-ring (bicyclic) bond motifs is 5. The molecule has 4 aliphatic heterocycles. The van der Waals surface area contributed by atoms with Crippen molar-refractivity contribution in [2.24, 2.45) is 34.5 Å². The second kappa shape index (κ2) is 17.6. The van der Waals surface area contributed by atoms with Gasteiger partial charge in [-0.15, -0.1) is 0 Å². The van der Waals surface area contributed by atoms with Gasteiger partial charge < -0.3 is 88.6 Å². The van der Waals surface area contributed by atoms with Crippen LogP contribution in [0.1, 0.15) is 71.6 Å². The molecule has 9 N–H and O–H groups in total. The maximum atomic E-state index is 13.3. The molecule has 8 rings (SSSR count). The Labute approximate surface area is 353 Å². The zero-order chi connectivity index (χ0) is 43.8. The Balaban J connectivity index is 0.887. The van der Waals surface area contributed by atoms with Crippen molar-refractivity contribution in [1.29, 1.82) is 0 Å². The van der Waals surface area contributed by atoms with E-state index in [0.717, 1.165) is 44.0 Å². The third kappa shape index (κ3) is 7.64. The Morgan fingerprint density at radius 2 is 1.46 bits per heavy atom. The first-order chi connectivity index (χ1) is 29.0. The van der Waals surface area contributed by atoms with Gasteiger partial charge in [-0.1, -0.05) is 6.92 Å². The number of ether oxygens (including phenoxy) is 8. The van der Waals surface area contributed by atoms with Gasteiger partial charge in [-0.05, 0) is 94.0 Å². The first-order valence-electron chi connectivity index (χ1n) is 21.9. The lowest BCUT2D eigenvalue weighted by molar-refractivity contribution is -0.367. The number of carbonyl (C=O) groups excluding carboxylic acids is 2. The van der Waals surface area contributed by atoms with Gasteiger partial charge in [0, 0.05) is 24.0 Å². The molecule has 4 heterocycles. The van der Waals surface area contributed by atoms with Gasteiger partial charge in [0.2, 0.25) is 0 Å². The smallest absolute Gasteiger partial charge is 0.331 e. The Hall–Kier alpha value is -1.76. The molecule has 7 fully saturated rings. The fraction of sp³-hybridized carbons (Fsp3) is 0.905. The normalized spacial score (nSPS) is 53.6. The summed E-state index contributed by atoms with van der Waals surface area (Å²) < 4.78 is 46.4. The summed E-state index contributed by atoms with van der Waals surface area (Å²) in [5.41, 5.74) is -1.07. The first kappa shape index (κ1) is 45.8. The summed E-state index contributed by atoms with van der Waals surface area (Å²) in [4.78, 5) is 25.3. The van der Waals surface area contributed by atoms with Gasteiger partial charge in [-0.2, -0.15) is 0 Å². The molecule has 3 saturated heterocycles. The molecule has 19 heteroatoms. The number of cyclic esters (lactones) is 1. The van der Waals surface area contributed by atoms with Crippen LogP contribution >= 0.6 is 0 Å². The van der Waals surface area contributed by atoms with E-state index in [1.807, 2.05) is 0 Å².